The molecular weight excluding hydrogens is 360 g/mol. The van der Waals surface area contributed by atoms with Crippen LogP contribution < -0.4 is 9.62 Å². The van der Waals surface area contributed by atoms with E-state index in [1.165, 1.54) is 0 Å². The summed E-state index contributed by atoms with van der Waals surface area (Å²) in [7, 11) is -3.51. The van der Waals surface area contributed by atoms with Gasteiger partial charge in [-0.3, -0.25) is 0 Å². The van der Waals surface area contributed by atoms with Crippen LogP contribution >= 0.6 is 0 Å². The lowest BCUT2D eigenvalue weighted by Gasteiger charge is -2.34. The molecule has 0 saturated heterocycles. The Balaban J connectivity index is 2.13. The number of aliphatic hydroxyl groups excluding tert-OH is 1. The smallest absolute Gasteiger partial charge is 0.306 e. The van der Waals surface area contributed by atoms with Crippen molar-refractivity contribution in [2.24, 2.45) is 5.73 Å². The first kappa shape index (κ1) is 19.5. The van der Waals surface area contributed by atoms with Crippen LogP contribution in [0.15, 0.2) is 78.5 Å². The van der Waals surface area contributed by atoms with Crippen molar-refractivity contribution in [2.75, 3.05) is 18.8 Å². The lowest BCUT2D eigenvalue weighted by Crippen LogP contribution is -2.51. The molecule has 3 rings (SSSR count). The fourth-order valence-electron chi connectivity index (χ4n) is 3.37. The van der Waals surface area contributed by atoms with Crippen molar-refractivity contribution in [1.29, 1.82) is 0 Å². The van der Waals surface area contributed by atoms with E-state index < -0.39 is 16.1 Å². The lowest BCUT2D eigenvalue weighted by molar-refractivity contribution is 0.220. The summed E-state index contributed by atoms with van der Waals surface area (Å²) in [6.07, 6.45) is 4.60. The minimum Gasteiger partial charge on any atom is -0.384 e. The summed E-state index contributed by atoms with van der Waals surface area (Å²) in [4.78, 5) is 0. The van der Waals surface area contributed by atoms with Crippen LogP contribution in [-0.4, -0.2) is 32.4 Å². The van der Waals surface area contributed by atoms with Crippen molar-refractivity contribution < 1.29 is 13.5 Å². The molecule has 1 heterocycles. The summed E-state index contributed by atoms with van der Waals surface area (Å²) in [5, 5.41) is 10.8. The monoisotopic (exact) mass is 385 g/mol. The van der Waals surface area contributed by atoms with Gasteiger partial charge in [-0.25, -0.2) is 0 Å². The number of sulfonamides is 1. The van der Waals surface area contributed by atoms with Crippen LogP contribution in [0.4, 0.5) is 5.69 Å². The second-order valence-corrected chi connectivity index (χ2v) is 8.96. The lowest BCUT2D eigenvalue weighted by atomic mass is 10.0. The first-order valence-corrected chi connectivity index (χ1v) is 10.6. The highest BCUT2D eigenvalue weighted by Crippen LogP contribution is 2.35. The Morgan fingerprint density at radius 2 is 1.81 bits per heavy atom. The molecule has 142 valence electrons. The molecule has 2 atom stereocenters. The standard InChI is InChI=1S/C21H25N2O3S/c1-2-27(25,26)23(13-7-8-17(15-22)16-23)20-12-6-11-19(14-20)21(24)18-9-4-3-5-10-18/h3-12,14,16,21,24H,2,13,15,22H2,1H3/q+1. The minimum absolute atomic E-state index is 0.000653. The van der Waals surface area contributed by atoms with E-state index in [0.717, 1.165) is 11.1 Å². The highest BCUT2D eigenvalue weighted by atomic mass is 32.2. The molecule has 0 fully saturated rings. The Bertz CT molecular complexity index is 968. The van der Waals surface area contributed by atoms with E-state index in [0.29, 0.717) is 17.8 Å². The first-order valence-electron chi connectivity index (χ1n) is 8.96. The fourth-order valence-corrected chi connectivity index (χ4v) is 4.87. The zero-order valence-electron chi connectivity index (χ0n) is 15.3. The zero-order valence-corrected chi connectivity index (χ0v) is 16.1. The second-order valence-electron chi connectivity index (χ2n) is 6.57. The maximum Gasteiger partial charge on any atom is 0.306 e. The van der Waals surface area contributed by atoms with E-state index in [9.17, 15) is 13.5 Å². The van der Waals surface area contributed by atoms with Gasteiger partial charge in [0.2, 0.25) is 0 Å². The molecule has 0 aliphatic carbocycles. The normalized spacial score (nSPS) is 20.9. The van der Waals surface area contributed by atoms with Gasteiger partial charge in [-0.05, 0) is 24.1 Å². The van der Waals surface area contributed by atoms with Crippen molar-refractivity contribution >= 4 is 15.7 Å². The number of quaternary nitrogens is 1. The Morgan fingerprint density at radius 3 is 2.48 bits per heavy atom. The number of benzene rings is 2. The van der Waals surface area contributed by atoms with E-state index in [-0.39, 0.29) is 16.2 Å². The Kier molecular flexibility index (Phi) is 5.62. The van der Waals surface area contributed by atoms with Crippen LogP contribution in [0, 0.1) is 0 Å². The Hall–Kier alpha value is -2.25. The van der Waals surface area contributed by atoms with Crippen LogP contribution in [0.3, 0.4) is 0 Å². The molecule has 0 spiro atoms. The van der Waals surface area contributed by atoms with Crippen molar-refractivity contribution in [3.63, 3.8) is 0 Å². The van der Waals surface area contributed by atoms with E-state index in [4.69, 9.17) is 5.73 Å². The third-order valence-electron chi connectivity index (χ3n) is 4.92. The first-order chi connectivity index (χ1) is 12.9. The number of nitrogens with two attached hydrogens (primary N) is 1. The third kappa shape index (κ3) is 3.61. The second kappa shape index (κ2) is 7.78. The highest BCUT2D eigenvalue weighted by molar-refractivity contribution is 7.91. The molecule has 0 saturated carbocycles. The van der Waals surface area contributed by atoms with Crippen LogP contribution in [-0.2, 0) is 10.0 Å². The van der Waals surface area contributed by atoms with E-state index in [1.807, 2.05) is 48.6 Å². The quantitative estimate of drug-likeness (QED) is 0.750. The molecule has 1 aliphatic heterocycles. The average molecular weight is 386 g/mol. The molecule has 2 aromatic carbocycles. The van der Waals surface area contributed by atoms with E-state index in [2.05, 4.69) is 0 Å². The van der Waals surface area contributed by atoms with Gasteiger partial charge in [-0.15, -0.1) is 0 Å². The summed E-state index contributed by atoms with van der Waals surface area (Å²) in [6, 6.07) is 16.5. The van der Waals surface area contributed by atoms with Gasteiger partial charge in [0.05, 0.1) is 5.75 Å². The maximum atomic E-state index is 13.1. The third-order valence-corrected chi connectivity index (χ3v) is 7.11. The molecule has 5 nitrogen and oxygen atoms in total. The Labute approximate surface area is 160 Å². The van der Waals surface area contributed by atoms with Crippen LogP contribution in [0.1, 0.15) is 24.2 Å². The number of aliphatic hydroxyl groups is 1. The summed E-state index contributed by atoms with van der Waals surface area (Å²) in [5.74, 6) is 0.000653. The van der Waals surface area contributed by atoms with Gasteiger partial charge in [-0.2, -0.15) is 12.3 Å². The fraction of sp³-hybridized carbons (Fsp3) is 0.238. The van der Waals surface area contributed by atoms with Crippen LogP contribution in [0.5, 0.6) is 0 Å². The van der Waals surface area contributed by atoms with Gasteiger partial charge in [-0.1, -0.05) is 48.5 Å². The van der Waals surface area contributed by atoms with Crippen molar-refractivity contribution in [3.05, 3.63) is 89.6 Å². The molecule has 27 heavy (non-hydrogen) atoms. The van der Waals surface area contributed by atoms with Crippen LogP contribution in [0.2, 0.25) is 0 Å². The molecule has 1 aliphatic rings. The molecule has 0 amide bonds. The summed E-state index contributed by atoms with van der Waals surface area (Å²) in [6.45, 7) is 2.21. The molecule has 2 unspecified atom stereocenters. The number of nitrogens with zero attached hydrogens (tertiary/aromatic N) is 1. The van der Waals surface area contributed by atoms with Gasteiger partial charge in [0.25, 0.3) is 0 Å². The predicted molar refractivity (Wildman–Crippen MR) is 109 cm³/mol. The van der Waals surface area contributed by atoms with Gasteiger partial charge >= 0.3 is 10.0 Å². The van der Waals surface area contributed by atoms with Crippen LogP contribution in [0.25, 0.3) is 0 Å². The summed E-state index contributed by atoms with van der Waals surface area (Å²) >= 11 is 0. The van der Waals surface area contributed by atoms with Crippen molar-refractivity contribution in [3.8, 4) is 0 Å². The maximum absolute atomic E-state index is 13.1. The zero-order chi connectivity index (χ0) is 19.5. The summed E-state index contributed by atoms with van der Waals surface area (Å²) < 4.78 is 25.8. The average Bonchev–Trinajstić information content (AvgIpc) is 2.73. The molecule has 6 heteroatoms. The molecule has 0 aromatic heterocycles. The molecule has 0 radical (unpaired) electrons. The minimum atomic E-state index is -3.51. The molecular formula is C21H25N2O3S+. The van der Waals surface area contributed by atoms with Gasteiger partial charge in [0.1, 0.15) is 18.8 Å². The van der Waals surface area contributed by atoms with Crippen molar-refractivity contribution in [1.82, 2.24) is 3.89 Å². The van der Waals surface area contributed by atoms with E-state index in [1.54, 1.807) is 31.3 Å². The highest BCUT2D eigenvalue weighted by Gasteiger charge is 2.42. The number of hydrogen-bond acceptors (Lipinski definition) is 4. The molecule has 3 N–H and O–H groups in total. The van der Waals surface area contributed by atoms with Gasteiger partial charge in [0, 0.05) is 24.3 Å². The van der Waals surface area contributed by atoms with Gasteiger partial charge < -0.3 is 10.8 Å². The summed E-state index contributed by atoms with van der Waals surface area (Å²) in [5.41, 5.74) is 8.56. The molecule has 0 bridgehead atoms. The Morgan fingerprint density at radius 1 is 1.11 bits per heavy atom. The largest absolute Gasteiger partial charge is 0.384 e. The topological polar surface area (TPSA) is 80.4 Å². The number of hydrogen-bond donors (Lipinski definition) is 2. The predicted octanol–water partition coefficient (Wildman–Crippen LogP) is 2.84. The van der Waals surface area contributed by atoms with Crippen molar-refractivity contribution in [2.45, 2.75) is 13.0 Å². The van der Waals surface area contributed by atoms with E-state index >= 15 is 0 Å². The molecule has 2 aromatic rings. The number of rotatable bonds is 6. The van der Waals surface area contributed by atoms with Gasteiger partial charge in [0.15, 0.2) is 5.69 Å². The SMILES string of the molecule is CCS(=O)(=O)[N+]1(c2cccc(C(O)c3ccccc3)c2)C=C(CN)C=CC1.